The minimum Gasteiger partial charge on any atom is -0.374 e. The molecule has 0 spiro atoms. The van der Waals surface area contributed by atoms with Crippen molar-refractivity contribution in [2.75, 3.05) is 7.05 Å². The van der Waals surface area contributed by atoms with Gasteiger partial charge in [-0.25, -0.2) is 0 Å². The van der Waals surface area contributed by atoms with E-state index in [4.69, 9.17) is 4.74 Å². The molecule has 2 unspecified atom stereocenters. The Kier molecular flexibility index (Phi) is 5.02. The highest BCUT2D eigenvalue weighted by Gasteiger charge is 2.36. The molecular weight excluding hydrogens is 288 g/mol. The van der Waals surface area contributed by atoms with Gasteiger partial charge in [0.1, 0.15) is 0 Å². The molecule has 1 aromatic carbocycles. The summed E-state index contributed by atoms with van der Waals surface area (Å²) in [4.78, 5) is 14.7. The summed E-state index contributed by atoms with van der Waals surface area (Å²) in [6.07, 6.45) is 4.90. The minimum atomic E-state index is 0.132. The van der Waals surface area contributed by atoms with Crippen LogP contribution >= 0.6 is 0 Å². The van der Waals surface area contributed by atoms with E-state index in [1.807, 2.05) is 50.1 Å². The lowest BCUT2D eigenvalue weighted by atomic mass is 9.98. The summed E-state index contributed by atoms with van der Waals surface area (Å²) in [5, 5.41) is 3.63. The van der Waals surface area contributed by atoms with Gasteiger partial charge in [-0.05, 0) is 57.2 Å². The first-order valence-electron chi connectivity index (χ1n) is 8.76. The van der Waals surface area contributed by atoms with E-state index in [1.165, 1.54) is 12.8 Å². The number of nitrogens with one attached hydrogen (secondary N) is 1. The molecule has 23 heavy (non-hydrogen) atoms. The minimum absolute atomic E-state index is 0.132. The lowest BCUT2D eigenvalue weighted by Gasteiger charge is -2.35. The van der Waals surface area contributed by atoms with Crippen LogP contribution in [-0.4, -0.2) is 42.1 Å². The summed E-state index contributed by atoms with van der Waals surface area (Å²) in [6.45, 7) is 4.65. The topological polar surface area (TPSA) is 41.6 Å². The van der Waals surface area contributed by atoms with Gasteiger partial charge in [0.25, 0.3) is 5.91 Å². The smallest absolute Gasteiger partial charge is 0.253 e. The highest BCUT2D eigenvalue weighted by atomic mass is 16.5. The molecule has 2 bridgehead atoms. The first-order valence-corrected chi connectivity index (χ1v) is 8.76. The number of carbonyl (C=O) groups is 1. The van der Waals surface area contributed by atoms with Crippen LogP contribution in [0.15, 0.2) is 24.3 Å². The number of nitrogens with zero attached hydrogens (tertiary/aromatic N) is 1. The zero-order valence-electron chi connectivity index (χ0n) is 14.4. The van der Waals surface area contributed by atoms with Gasteiger partial charge in [-0.2, -0.15) is 0 Å². The largest absolute Gasteiger partial charge is 0.374 e. The summed E-state index contributed by atoms with van der Waals surface area (Å²) >= 11 is 0. The lowest BCUT2D eigenvalue weighted by molar-refractivity contribution is 0.0652. The lowest BCUT2D eigenvalue weighted by Crippen LogP contribution is -2.48. The Morgan fingerprint density at radius 2 is 1.83 bits per heavy atom. The van der Waals surface area contributed by atoms with E-state index < -0.39 is 0 Å². The van der Waals surface area contributed by atoms with E-state index in [1.54, 1.807) is 0 Å². The summed E-state index contributed by atoms with van der Waals surface area (Å²) < 4.78 is 5.60. The first-order chi connectivity index (χ1) is 11.0. The van der Waals surface area contributed by atoms with Crippen LogP contribution in [-0.2, 0) is 11.3 Å². The molecule has 2 atom stereocenters. The van der Waals surface area contributed by atoms with Crippen molar-refractivity contribution in [2.45, 2.75) is 70.4 Å². The maximum Gasteiger partial charge on any atom is 0.253 e. The van der Waals surface area contributed by atoms with E-state index in [0.717, 1.165) is 24.0 Å². The van der Waals surface area contributed by atoms with Crippen LogP contribution in [0.1, 0.15) is 55.5 Å². The number of hydrogen-bond donors (Lipinski definition) is 1. The van der Waals surface area contributed by atoms with Gasteiger partial charge in [-0.1, -0.05) is 12.1 Å². The zero-order valence-corrected chi connectivity index (χ0v) is 14.4. The Bertz CT molecular complexity index is 529. The summed E-state index contributed by atoms with van der Waals surface area (Å²) in [5.74, 6) is 0.132. The molecule has 4 nitrogen and oxygen atoms in total. The molecule has 1 N–H and O–H groups in total. The second-order valence-electron chi connectivity index (χ2n) is 7.24. The van der Waals surface area contributed by atoms with Crippen LogP contribution < -0.4 is 5.32 Å². The zero-order chi connectivity index (χ0) is 16.4. The van der Waals surface area contributed by atoms with E-state index >= 15 is 0 Å². The Morgan fingerprint density at radius 1 is 1.22 bits per heavy atom. The van der Waals surface area contributed by atoms with Gasteiger partial charge in [-0.3, -0.25) is 4.79 Å². The monoisotopic (exact) mass is 316 g/mol. The number of rotatable bonds is 5. The Balaban J connectivity index is 1.60. The fraction of sp³-hybridized carbons (Fsp3) is 0.632. The Labute approximate surface area is 139 Å². The SMILES string of the molecule is CC(C)OCc1ccc(C(=O)N(C)C2CC3CCC(C2)N3)cc1. The van der Waals surface area contributed by atoms with Crippen LogP contribution in [0.25, 0.3) is 0 Å². The predicted octanol–water partition coefficient (Wildman–Crippen LogP) is 2.97. The van der Waals surface area contributed by atoms with Crippen molar-refractivity contribution in [3.63, 3.8) is 0 Å². The summed E-state index contributed by atoms with van der Waals surface area (Å²) in [5.41, 5.74) is 1.88. The van der Waals surface area contributed by atoms with E-state index in [-0.39, 0.29) is 12.0 Å². The van der Waals surface area contributed by atoms with Gasteiger partial charge in [0.2, 0.25) is 0 Å². The van der Waals surface area contributed by atoms with Crippen LogP contribution in [0.4, 0.5) is 0 Å². The third-order valence-electron chi connectivity index (χ3n) is 5.10. The van der Waals surface area contributed by atoms with E-state index in [2.05, 4.69) is 5.32 Å². The molecule has 0 saturated carbocycles. The third-order valence-corrected chi connectivity index (χ3v) is 5.10. The molecule has 1 amide bonds. The van der Waals surface area contributed by atoms with Crippen molar-refractivity contribution in [1.29, 1.82) is 0 Å². The van der Waals surface area contributed by atoms with Crippen LogP contribution in [0.5, 0.6) is 0 Å². The predicted molar refractivity (Wildman–Crippen MR) is 91.4 cm³/mol. The van der Waals surface area contributed by atoms with Gasteiger partial charge >= 0.3 is 0 Å². The number of hydrogen-bond acceptors (Lipinski definition) is 3. The highest BCUT2D eigenvalue weighted by molar-refractivity contribution is 5.94. The van der Waals surface area contributed by atoms with Gasteiger partial charge in [-0.15, -0.1) is 0 Å². The van der Waals surface area contributed by atoms with Crippen molar-refractivity contribution in [3.05, 3.63) is 35.4 Å². The number of piperidine rings is 1. The molecule has 4 heteroatoms. The number of fused-ring (bicyclic) bond motifs is 2. The molecule has 2 aliphatic rings. The fourth-order valence-electron chi connectivity index (χ4n) is 3.72. The molecule has 0 radical (unpaired) electrons. The van der Waals surface area contributed by atoms with E-state index in [9.17, 15) is 4.79 Å². The highest BCUT2D eigenvalue weighted by Crippen LogP contribution is 2.29. The second-order valence-corrected chi connectivity index (χ2v) is 7.24. The van der Waals surface area contributed by atoms with Crippen molar-refractivity contribution in [2.24, 2.45) is 0 Å². The Hall–Kier alpha value is -1.39. The fourth-order valence-corrected chi connectivity index (χ4v) is 3.72. The quantitative estimate of drug-likeness (QED) is 0.908. The standard InChI is InChI=1S/C19H28N2O2/c1-13(2)23-12-14-4-6-15(7-5-14)19(22)21(3)18-10-16-8-9-17(11-18)20-16/h4-7,13,16-18,20H,8-12H2,1-3H3. The van der Waals surface area contributed by atoms with Gasteiger partial charge < -0.3 is 15.0 Å². The van der Waals surface area contributed by atoms with Crippen molar-refractivity contribution < 1.29 is 9.53 Å². The van der Waals surface area contributed by atoms with E-state index in [0.29, 0.717) is 24.7 Å². The third kappa shape index (κ3) is 3.93. The first kappa shape index (κ1) is 16.5. The van der Waals surface area contributed by atoms with Crippen LogP contribution in [0.3, 0.4) is 0 Å². The number of benzene rings is 1. The Morgan fingerprint density at radius 3 is 2.39 bits per heavy atom. The molecule has 2 saturated heterocycles. The molecule has 1 aromatic rings. The molecular formula is C19H28N2O2. The normalized spacial score (nSPS) is 26.5. The molecule has 0 aromatic heterocycles. The number of ether oxygens (including phenoxy) is 1. The maximum absolute atomic E-state index is 12.7. The summed E-state index contributed by atoms with van der Waals surface area (Å²) in [7, 11) is 1.95. The average Bonchev–Trinajstić information content (AvgIpc) is 2.90. The molecule has 0 aliphatic carbocycles. The molecule has 2 heterocycles. The summed E-state index contributed by atoms with van der Waals surface area (Å²) in [6, 6.07) is 9.41. The molecule has 2 aliphatic heterocycles. The van der Waals surface area contributed by atoms with Gasteiger partial charge in [0.15, 0.2) is 0 Å². The molecule has 3 rings (SSSR count). The van der Waals surface area contributed by atoms with Gasteiger partial charge in [0, 0.05) is 30.7 Å². The molecule has 2 fully saturated rings. The van der Waals surface area contributed by atoms with Crippen molar-refractivity contribution in [1.82, 2.24) is 10.2 Å². The van der Waals surface area contributed by atoms with Crippen molar-refractivity contribution in [3.8, 4) is 0 Å². The average molecular weight is 316 g/mol. The van der Waals surface area contributed by atoms with Crippen LogP contribution in [0, 0.1) is 0 Å². The van der Waals surface area contributed by atoms with Crippen molar-refractivity contribution >= 4 is 5.91 Å². The number of amides is 1. The van der Waals surface area contributed by atoms with Gasteiger partial charge in [0.05, 0.1) is 12.7 Å². The maximum atomic E-state index is 12.7. The molecule has 126 valence electrons. The second kappa shape index (κ2) is 7.02. The van der Waals surface area contributed by atoms with Crippen LogP contribution in [0.2, 0.25) is 0 Å². The number of carbonyl (C=O) groups excluding carboxylic acids is 1.